The first-order valence-electron chi connectivity index (χ1n) is 7.65. The zero-order chi connectivity index (χ0) is 42.9. The summed E-state index contributed by atoms with van der Waals surface area (Å²) < 4.78 is 0. The molecule has 0 aromatic carbocycles. The van der Waals surface area contributed by atoms with E-state index in [9.17, 15) is 0 Å². The Morgan fingerprint density at radius 1 is 0.269 bits per heavy atom. The summed E-state index contributed by atoms with van der Waals surface area (Å²) in [5.74, 6) is -3.25. The average Bonchev–Trinajstić information content (AvgIpc) is 2.61. The van der Waals surface area contributed by atoms with E-state index in [1.807, 2.05) is 0 Å². The third-order valence-corrected chi connectivity index (χ3v) is 0. The first kappa shape index (κ1) is 104. The second-order valence-corrected chi connectivity index (χ2v) is 3.49. The number of carboxylic acids is 3. The molecule has 0 unspecified atom stereocenters. The van der Waals surface area contributed by atoms with Crippen LogP contribution in [-0.4, -0.2) is 63.7 Å². The first-order chi connectivity index (χ1) is 20.8. The number of rotatable bonds is 0. The maximum atomic E-state index is 8.89. The van der Waals surface area contributed by atoms with Crippen molar-refractivity contribution in [3.63, 3.8) is 0 Å². The molecule has 52 heavy (non-hydrogen) atoms. The summed E-state index contributed by atoms with van der Waals surface area (Å²) in [6, 6.07) is 0. The number of carboxylic acid groups (broad SMARTS) is 3. The van der Waals surface area contributed by atoms with Gasteiger partial charge in [0.2, 0.25) is 0 Å². The van der Waals surface area contributed by atoms with Gasteiger partial charge in [-0.1, -0.05) is 0 Å². The van der Waals surface area contributed by atoms with E-state index in [2.05, 4.69) is 0 Å². The van der Waals surface area contributed by atoms with Gasteiger partial charge in [0.1, 0.15) is 0 Å². The minimum Gasteiger partial charge on any atom is -0.550 e. The van der Waals surface area contributed by atoms with Crippen LogP contribution in [0.25, 0.3) is 0 Å². The molecule has 0 spiro atoms. The number of carbonyl (C=O) groups excluding carboxylic acids is 3. The van der Waals surface area contributed by atoms with Crippen molar-refractivity contribution in [2.45, 2.75) is 20.8 Å². The van der Waals surface area contributed by atoms with Crippen LogP contribution < -0.4 is 15.3 Å². The summed E-state index contributed by atoms with van der Waals surface area (Å²) in [5.41, 5.74) is 0. The second-order valence-electron chi connectivity index (χ2n) is 3.49. The van der Waals surface area contributed by atoms with Crippen LogP contribution >= 0.6 is 0 Å². The maximum absolute atomic E-state index is 8.89. The van der Waals surface area contributed by atoms with Gasteiger partial charge in [0.25, 0.3) is 0 Å². The summed E-state index contributed by atoms with van der Waals surface area (Å²) in [7, 11) is 0. The third kappa shape index (κ3) is 5700. The Hall–Kier alpha value is -4.04. The van der Waals surface area contributed by atoms with Gasteiger partial charge in [0.15, 0.2) is 0 Å². The number of hydrogen-bond acceptors (Lipinski definition) is 33. The van der Waals surface area contributed by atoms with E-state index in [0.29, 0.717) is 0 Å². The van der Waals surface area contributed by atoms with E-state index in [1.165, 1.54) is 0 Å². The molecular weight excluding hydrogens is 1250 g/mol. The molecule has 0 N–H and O–H groups in total. The van der Waals surface area contributed by atoms with Crippen molar-refractivity contribution in [2.75, 3.05) is 0 Å². The first-order valence-corrected chi connectivity index (χ1v) is 7.65. The molecule has 0 atom stereocenters. The number of carbonyl (C=O) groups is 3. The minimum absolute atomic E-state index is 0. The normalized spacial score (nSPS) is 5.60. The van der Waals surface area contributed by atoms with Crippen molar-refractivity contribution in [3.05, 3.63) is 138 Å². The molecule has 42 nitrogen and oxygen atoms in total. The van der Waals surface area contributed by atoms with Gasteiger partial charge in [-0.15, -0.1) is 0 Å². The van der Waals surface area contributed by atoms with E-state index < -0.39 is 63.7 Å². The number of hydrogen-bond donors (Lipinski definition) is 0. The fourth-order valence-electron chi connectivity index (χ4n) is 0. The summed E-state index contributed by atoms with van der Waals surface area (Å²) in [6.45, 7) is 2.92. The molecule has 0 aliphatic heterocycles. The molecule has 0 heterocycles. The minimum atomic E-state index is -1.75. The SMILES string of the molecule is CC(=O)[O-].CC(=O)[O-].CC(=O)[O-].O=[N+]([O-])[O-].O=[N+]([O-])[O-].O=[N+]([O-])[O-].O=[N+]([O-])[O-].O=[N+]([O-])[O-].O=[N+]([O-])[O-].O=[N+]([O-])[O-].O=[N+]([O-])[O-].O=[N+]([O-])[O-].[Ce+3].[Ce+3].[Ce+3].[Rh+3]. The smallest absolute Gasteiger partial charge is 0.550 e. The molecule has 297 valence electrons. The molecule has 0 aliphatic rings. The maximum Gasteiger partial charge on any atom is 3.00 e. The molecule has 0 amide bonds. The molecule has 0 saturated carbocycles. The number of nitrogens with zero attached hydrogens (tertiary/aromatic N) is 9. The van der Waals surface area contributed by atoms with Gasteiger partial charge >= 0.3 is 145 Å². The van der Waals surface area contributed by atoms with E-state index in [4.69, 9.17) is 168 Å². The van der Waals surface area contributed by atoms with Crippen LogP contribution in [0.1, 0.15) is 20.8 Å². The summed E-state index contributed by atoms with van der Waals surface area (Å²) in [4.78, 5) is 101. The van der Waals surface area contributed by atoms with Crippen LogP contribution in [0, 0.1) is 263 Å². The van der Waals surface area contributed by atoms with E-state index >= 15 is 0 Å². The summed E-state index contributed by atoms with van der Waals surface area (Å²) >= 11 is 0. The molecular formula is C6H9Ce3N9O33Rh. The zero-order valence-electron chi connectivity index (χ0n) is 23.8. The third-order valence-electron chi connectivity index (χ3n) is 0. The van der Waals surface area contributed by atoms with Gasteiger partial charge in [-0.05, 0) is 20.8 Å². The van der Waals surface area contributed by atoms with Crippen molar-refractivity contribution in [1.82, 2.24) is 0 Å². The van der Waals surface area contributed by atoms with Crippen LogP contribution in [0.2, 0.25) is 0 Å². The number of aliphatic carboxylic acids is 3. The predicted octanol–water partition coefficient (Wildman–Crippen LogP) is -5.89. The summed E-state index contributed by atoms with van der Waals surface area (Å²) in [5, 5.41) is 159. The van der Waals surface area contributed by atoms with Crippen molar-refractivity contribution in [1.29, 1.82) is 0 Å². The van der Waals surface area contributed by atoms with Crippen molar-refractivity contribution in [3.8, 4) is 0 Å². The Morgan fingerprint density at radius 3 is 0.269 bits per heavy atom. The van der Waals surface area contributed by atoms with Gasteiger partial charge in [-0.2, -0.15) is 0 Å². The van der Waals surface area contributed by atoms with E-state index in [1.54, 1.807) is 0 Å². The van der Waals surface area contributed by atoms with Gasteiger partial charge in [-0.3, -0.25) is 0 Å². The Balaban J connectivity index is -0.0000000193. The monoisotopic (exact) mass is 1260 g/mol. The Bertz CT molecular complexity index is 616. The Morgan fingerprint density at radius 2 is 0.269 bits per heavy atom. The zero-order valence-corrected chi connectivity index (χ0v) is 34.9. The van der Waals surface area contributed by atoms with Crippen LogP contribution in [0.4, 0.5) is 0 Å². The van der Waals surface area contributed by atoms with Crippen molar-refractivity contribution in [2.24, 2.45) is 0 Å². The molecule has 3 radical (unpaired) electrons. The molecule has 0 aromatic heterocycles. The second kappa shape index (κ2) is 97.1. The fourth-order valence-corrected chi connectivity index (χ4v) is 0. The topological polar surface area (TPSA) is 716 Å². The van der Waals surface area contributed by atoms with Crippen molar-refractivity contribution >= 4 is 17.9 Å². The van der Waals surface area contributed by atoms with Gasteiger partial charge in [0, 0.05) is 17.9 Å². The van der Waals surface area contributed by atoms with E-state index in [-0.39, 0.29) is 145 Å². The molecule has 0 fully saturated rings. The van der Waals surface area contributed by atoms with Crippen LogP contribution in [0.15, 0.2) is 0 Å². The average molecular weight is 1260 g/mol. The molecule has 46 heteroatoms. The predicted molar refractivity (Wildman–Crippen MR) is 125 cm³/mol. The van der Waals surface area contributed by atoms with Gasteiger partial charge < -0.3 is 168 Å². The van der Waals surface area contributed by atoms with Crippen LogP contribution in [0.5, 0.6) is 0 Å². The van der Waals surface area contributed by atoms with Crippen LogP contribution in [0.3, 0.4) is 0 Å². The quantitative estimate of drug-likeness (QED) is 0.124. The van der Waals surface area contributed by atoms with Gasteiger partial charge in [-0.25, -0.2) is 0 Å². The fraction of sp³-hybridized carbons (Fsp3) is 0.500. The van der Waals surface area contributed by atoms with Crippen LogP contribution in [-0.2, 0) is 33.9 Å². The molecule has 0 bridgehead atoms. The molecule has 0 aromatic rings. The summed E-state index contributed by atoms with van der Waals surface area (Å²) in [6.07, 6.45) is 0. The molecule has 0 aliphatic carbocycles. The molecule has 0 rings (SSSR count). The van der Waals surface area contributed by atoms with Crippen molar-refractivity contribution < 1.29 is 220 Å². The largest absolute Gasteiger partial charge is 3.00 e. The Labute approximate surface area is 392 Å². The standard InChI is InChI=1S/3C2H4O2.3Ce.9NO3.Rh/c3*1-2(3)4;;;;9*2-1(3)4;/h3*1H3,(H,3,4);;;;;;;;;;;;;/q;;;3*+3;9*-1;+3/p-3. The molecule has 0 saturated heterocycles. The Kier molecular flexibility index (Phi) is 193. The van der Waals surface area contributed by atoms with E-state index in [0.717, 1.165) is 20.8 Å². The van der Waals surface area contributed by atoms with Gasteiger partial charge in [0.05, 0.1) is 45.8 Å².